The summed E-state index contributed by atoms with van der Waals surface area (Å²) in [5.74, 6) is 0.877. The van der Waals surface area contributed by atoms with Gasteiger partial charge in [0, 0.05) is 38.7 Å². The van der Waals surface area contributed by atoms with Crippen molar-refractivity contribution in [3.05, 3.63) is 24.3 Å². The number of hydrogen-bond donors (Lipinski definition) is 0. The molecule has 2 amide bonds. The molecule has 0 radical (unpaired) electrons. The molecule has 0 spiro atoms. The molecule has 0 aliphatic carbocycles. The van der Waals surface area contributed by atoms with E-state index in [1.165, 1.54) is 19.8 Å². The van der Waals surface area contributed by atoms with Crippen LogP contribution in [0.1, 0.15) is 46.0 Å². The summed E-state index contributed by atoms with van der Waals surface area (Å²) in [6.45, 7) is 6.19. The Kier molecular flexibility index (Phi) is 7.09. The monoisotopic (exact) mass is 332 g/mol. The van der Waals surface area contributed by atoms with Gasteiger partial charge in [-0.3, -0.25) is 9.59 Å². The zero-order chi connectivity index (χ0) is 17.4. The second-order valence-electron chi connectivity index (χ2n) is 6.14. The highest BCUT2D eigenvalue weighted by molar-refractivity contribution is 5.92. The Morgan fingerprint density at radius 2 is 1.71 bits per heavy atom. The molecule has 5 heteroatoms. The molecule has 0 saturated carbocycles. The molecule has 1 saturated heterocycles. The summed E-state index contributed by atoms with van der Waals surface area (Å²) >= 11 is 0. The van der Waals surface area contributed by atoms with Gasteiger partial charge in [0.05, 0.1) is 6.61 Å². The van der Waals surface area contributed by atoms with Crippen molar-refractivity contribution in [3.8, 4) is 5.75 Å². The van der Waals surface area contributed by atoms with Gasteiger partial charge in [0.2, 0.25) is 11.8 Å². The quantitative estimate of drug-likeness (QED) is 0.803. The van der Waals surface area contributed by atoms with Crippen LogP contribution in [0.5, 0.6) is 5.75 Å². The molecule has 132 valence electrons. The molecule has 1 heterocycles. The second kappa shape index (κ2) is 9.30. The molecule has 0 unspecified atom stereocenters. The minimum absolute atomic E-state index is 0.0529. The summed E-state index contributed by atoms with van der Waals surface area (Å²) in [7, 11) is 0. The summed E-state index contributed by atoms with van der Waals surface area (Å²) in [5.41, 5.74) is 0.801. The smallest absolute Gasteiger partial charge is 0.224 e. The first kappa shape index (κ1) is 18.3. The summed E-state index contributed by atoms with van der Waals surface area (Å²) in [4.78, 5) is 28.0. The number of hydrogen-bond acceptors (Lipinski definition) is 3. The third-order valence-corrected chi connectivity index (χ3v) is 4.35. The van der Waals surface area contributed by atoms with Crippen LogP contribution in [0, 0.1) is 0 Å². The molecule has 1 aliphatic heterocycles. The average molecular weight is 332 g/mol. The topological polar surface area (TPSA) is 49.9 Å². The Morgan fingerprint density at radius 1 is 1.08 bits per heavy atom. The molecule has 0 atom stereocenters. The number of ether oxygens (including phenoxy) is 1. The number of carbonyl (C=O) groups excluding carboxylic acids is 2. The molecule has 0 aromatic heterocycles. The number of carbonyl (C=O) groups is 2. The lowest BCUT2D eigenvalue weighted by molar-refractivity contribution is -0.131. The number of amides is 2. The van der Waals surface area contributed by atoms with Gasteiger partial charge in [0.15, 0.2) is 0 Å². The maximum absolute atomic E-state index is 12.4. The fourth-order valence-corrected chi connectivity index (χ4v) is 3.04. The minimum Gasteiger partial charge on any atom is -0.494 e. The highest BCUT2D eigenvalue weighted by atomic mass is 16.5. The molecule has 0 N–H and O–H groups in total. The highest BCUT2D eigenvalue weighted by Crippen LogP contribution is 2.20. The van der Waals surface area contributed by atoms with Gasteiger partial charge in [-0.05, 0) is 44.0 Å². The first-order valence-electron chi connectivity index (χ1n) is 8.90. The SMILES string of the molecule is CCOc1ccc(N(CCC(=O)N2CCCCCC2)C(C)=O)cc1. The Labute approximate surface area is 144 Å². The molecule has 1 fully saturated rings. The van der Waals surface area contributed by atoms with Gasteiger partial charge in [-0.1, -0.05) is 12.8 Å². The van der Waals surface area contributed by atoms with E-state index in [0.717, 1.165) is 37.4 Å². The predicted molar refractivity (Wildman–Crippen MR) is 95.3 cm³/mol. The van der Waals surface area contributed by atoms with E-state index in [1.54, 1.807) is 4.90 Å². The number of anilines is 1. The van der Waals surface area contributed by atoms with Crippen LogP contribution in [0.3, 0.4) is 0 Å². The Balaban J connectivity index is 1.95. The first-order valence-corrected chi connectivity index (χ1v) is 8.90. The molecular formula is C19H28N2O3. The standard InChI is InChI=1S/C19H28N2O3/c1-3-24-18-10-8-17(9-11-18)21(16(2)22)15-12-19(23)20-13-6-4-5-7-14-20/h8-11H,3-7,12-15H2,1-2H3. The fourth-order valence-electron chi connectivity index (χ4n) is 3.04. The number of likely N-dealkylation sites (tertiary alicyclic amines) is 1. The molecule has 1 aliphatic rings. The molecule has 1 aromatic carbocycles. The van der Waals surface area contributed by atoms with Crippen LogP contribution in [0.15, 0.2) is 24.3 Å². The summed E-state index contributed by atoms with van der Waals surface area (Å²) in [6.07, 6.45) is 4.94. The summed E-state index contributed by atoms with van der Waals surface area (Å²) in [6, 6.07) is 7.43. The summed E-state index contributed by atoms with van der Waals surface area (Å²) in [5, 5.41) is 0. The first-order chi connectivity index (χ1) is 11.6. The van der Waals surface area contributed by atoms with Crippen LogP contribution >= 0.6 is 0 Å². The lowest BCUT2D eigenvalue weighted by atomic mass is 10.2. The third-order valence-electron chi connectivity index (χ3n) is 4.35. The van der Waals surface area contributed by atoms with Crippen LogP contribution in [0.4, 0.5) is 5.69 Å². The van der Waals surface area contributed by atoms with Crippen molar-refractivity contribution in [2.24, 2.45) is 0 Å². The average Bonchev–Trinajstić information content (AvgIpc) is 2.85. The lowest BCUT2D eigenvalue weighted by Crippen LogP contribution is -2.36. The van der Waals surface area contributed by atoms with Crippen LogP contribution in [-0.2, 0) is 9.59 Å². The van der Waals surface area contributed by atoms with Gasteiger partial charge in [-0.2, -0.15) is 0 Å². The van der Waals surface area contributed by atoms with E-state index < -0.39 is 0 Å². The molecule has 0 bridgehead atoms. The maximum atomic E-state index is 12.4. The van der Waals surface area contributed by atoms with Gasteiger partial charge in [0.25, 0.3) is 0 Å². The van der Waals surface area contributed by atoms with Crippen molar-refractivity contribution in [3.63, 3.8) is 0 Å². The Morgan fingerprint density at radius 3 is 2.25 bits per heavy atom. The van der Waals surface area contributed by atoms with Crippen molar-refractivity contribution >= 4 is 17.5 Å². The van der Waals surface area contributed by atoms with Gasteiger partial charge in [-0.25, -0.2) is 0 Å². The lowest BCUT2D eigenvalue weighted by Gasteiger charge is -2.24. The van der Waals surface area contributed by atoms with Gasteiger partial charge >= 0.3 is 0 Å². The zero-order valence-corrected chi connectivity index (χ0v) is 14.8. The minimum atomic E-state index is -0.0529. The van der Waals surface area contributed by atoms with Crippen LogP contribution in [0.25, 0.3) is 0 Å². The molecule has 1 aromatic rings. The van der Waals surface area contributed by atoms with Crippen LogP contribution in [-0.4, -0.2) is 43.0 Å². The van der Waals surface area contributed by atoms with E-state index in [2.05, 4.69) is 0 Å². The molecule has 2 rings (SSSR count). The fraction of sp³-hybridized carbons (Fsp3) is 0.579. The Bertz CT molecular complexity index is 534. The largest absolute Gasteiger partial charge is 0.494 e. The van der Waals surface area contributed by atoms with Crippen LogP contribution in [0.2, 0.25) is 0 Å². The number of rotatable bonds is 6. The molecular weight excluding hydrogens is 304 g/mol. The van der Waals surface area contributed by atoms with E-state index in [1.807, 2.05) is 36.1 Å². The van der Waals surface area contributed by atoms with Gasteiger partial charge in [0.1, 0.15) is 5.75 Å². The molecule has 5 nitrogen and oxygen atoms in total. The van der Waals surface area contributed by atoms with Crippen molar-refractivity contribution in [1.82, 2.24) is 4.90 Å². The Hall–Kier alpha value is -2.04. The van der Waals surface area contributed by atoms with Crippen molar-refractivity contribution in [1.29, 1.82) is 0 Å². The molecule has 24 heavy (non-hydrogen) atoms. The second-order valence-corrected chi connectivity index (χ2v) is 6.14. The van der Waals surface area contributed by atoms with Crippen molar-refractivity contribution in [2.45, 2.75) is 46.0 Å². The van der Waals surface area contributed by atoms with E-state index in [0.29, 0.717) is 19.6 Å². The predicted octanol–water partition coefficient (Wildman–Crippen LogP) is 3.23. The van der Waals surface area contributed by atoms with Crippen molar-refractivity contribution in [2.75, 3.05) is 31.1 Å². The zero-order valence-electron chi connectivity index (χ0n) is 14.8. The van der Waals surface area contributed by atoms with E-state index in [9.17, 15) is 9.59 Å². The van der Waals surface area contributed by atoms with E-state index >= 15 is 0 Å². The third kappa shape index (κ3) is 5.25. The summed E-state index contributed by atoms with van der Waals surface area (Å²) < 4.78 is 5.43. The van der Waals surface area contributed by atoms with Gasteiger partial charge < -0.3 is 14.5 Å². The number of nitrogens with zero attached hydrogens (tertiary/aromatic N) is 2. The normalized spacial score (nSPS) is 14.8. The highest BCUT2D eigenvalue weighted by Gasteiger charge is 2.18. The van der Waals surface area contributed by atoms with Gasteiger partial charge in [-0.15, -0.1) is 0 Å². The van der Waals surface area contributed by atoms with E-state index in [4.69, 9.17) is 4.74 Å². The maximum Gasteiger partial charge on any atom is 0.224 e. The van der Waals surface area contributed by atoms with Crippen molar-refractivity contribution < 1.29 is 14.3 Å². The van der Waals surface area contributed by atoms with E-state index in [-0.39, 0.29) is 11.8 Å². The number of benzene rings is 1. The van der Waals surface area contributed by atoms with Crippen LogP contribution < -0.4 is 9.64 Å².